The Labute approximate surface area is 132 Å². The lowest BCUT2D eigenvalue weighted by atomic mass is 10.1. The first-order valence-corrected chi connectivity index (χ1v) is 7.01. The fraction of sp³-hybridized carbons (Fsp3) is 0.125. The second-order valence-corrected chi connectivity index (χ2v) is 5.20. The summed E-state index contributed by atoms with van der Waals surface area (Å²) in [5.74, 6) is -1.55. The number of hydrogen-bond acceptors (Lipinski definition) is 3. The lowest BCUT2D eigenvalue weighted by Crippen LogP contribution is -2.42. The molecule has 1 atom stereocenters. The highest BCUT2D eigenvalue weighted by Crippen LogP contribution is 2.11. The molecule has 0 spiro atoms. The van der Waals surface area contributed by atoms with Gasteiger partial charge in [0, 0.05) is 17.7 Å². The fourth-order valence-corrected chi connectivity index (χ4v) is 2.28. The van der Waals surface area contributed by atoms with Gasteiger partial charge in [-0.2, -0.15) is 0 Å². The van der Waals surface area contributed by atoms with E-state index in [0.717, 1.165) is 5.56 Å². The Morgan fingerprint density at radius 2 is 1.86 bits per heavy atom. The molecule has 4 N–H and O–H groups in total. The number of carboxylic acids is 1. The van der Waals surface area contributed by atoms with E-state index in [1.807, 2.05) is 0 Å². The van der Waals surface area contributed by atoms with Gasteiger partial charge in [-0.05, 0) is 29.8 Å². The Kier molecular flexibility index (Phi) is 5.06. The van der Waals surface area contributed by atoms with Crippen molar-refractivity contribution in [1.82, 2.24) is 5.32 Å². The molecule has 0 saturated carbocycles. The van der Waals surface area contributed by atoms with Crippen molar-refractivity contribution in [3.63, 3.8) is 0 Å². The summed E-state index contributed by atoms with van der Waals surface area (Å²) in [4.78, 5) is 11.5. The Morgan fingerprint density at radius 1 is 1.23 bits per heavy atom. The van der Waals surface area contributed by atoms with Crippen molar-refractivity contribution in [1.29, 1.82) is 0 Å². The number of rotatable bonds is 5. The average Bonchev–Trinajstić information content (AvgIpc) is 2.49. The van der Waals surface area contributed by atoms with Gasteiger partial charge in [-0.25, -0.2) is 9.18 Å². The molecular weight excluding hydrogens is 303 g/mol. The van der Waals surface area contributed by atoms with Crippen LogP contribution < -0.4 is 11.1 Å². The molecule has 0 aromatic heterocycles. The van der Waals surface area contributed by atoms with Gasteiger partial charge < -0.3 is 16.2 Å². The van der Waals surface area contributed by atoms with Gasteiger partial charge in [0.2, 0.25) is 0 Å². The van der Waals surface area contributed by atoms with Crippen LogP contribution in [0.3, 0.4) is 0 Å². The number of nitrogens with two attached hydrogens (primary N) is 1. The van der Waals surface area contributed by atoms with Gasteiger partial charge in [-0.3, -0.25) is 0 Å². The summed E-state index contributed by atoms with van der Waals surface area (Å²) in [5.41, 5.74) is 7.18. The summed E-state index contributed by atoms with van der Waals surface area (Å²) in [7, 11) is 0. The Morgan fingerprint density at radius 3 is 2.45 bits per heavy atom. The van der Waals surface area contributed by atoms with Crippen LogP contribution >= 0.6 is 12.2 Å². The van der Waals surface area contributed by atoms with E-state index in [1.54, 1.807) is 36.4 Å². The largest absolute Gasteiger partial charge is 0.480 e. The summed E-state index contributed by atoms with van der Waals surface area (Å²) in [6.45, 7) is 0. The summed E-state index contributed by atoms with van der Waals surface area (Å²) >= 11 is 5.11. The molecule has 0 heterocycles. The highest BCUT2D eigenvalue weighted by atomic mass is 32.1. The smallest absolute Gasteiger partial charge is 0.326 e. The van der Waals surface area contributed by atoms with Crippen LogP contribution in [0.1, 0.15) is 11.1 Å². The molecule has 0 aliphatic heterocycles. The van der Waals surface area contributed by atoms with Gasteiger partial charge in [0.25, 0.3) is 0 Å². The minimum Gasteiger partial charge on any atom is -0.480 e. The van der Waals surface area contributed by atoms with Crippen LogP contribution in [0.2, 0.25) is 0 Å². The molecule has 0 bridgehead atoms. The maximum atomic E-state index is 13.7. The van der Waals surface area contributed by atoms with Crippen LogP contribution in [0, 0.1) is 5.82 Å². The third-order valence-electron chi connectivity index (χ3n) is 3.14. The maximum absolute atomic E-state index is 13.7. The monoisotopic (exact) mass is 318 g/mol. The number of thiocarbonyl (C=S) groups is 1. The van der Waals surface area contributed by atoms with E-state index in [1.165, 1.54) is 12.1 Å². The van der Waals surface area contributed by atoms with Crippen LogP contribution in [0.4, 0.5) is 10.1 Å². The molecule has 114 valence electrons. The zero-order valence-electron chi connectivity index (χ0n) is 11.6. The standard InChI is InChI=1S/C16H15FN2O2S/c17-13-4-2-1-3-12(13)15(22)19-14(16(20)21)9-10-5-7-11(18)8-6-10/h1-8,14H,9,18H2,(H,19,22)(H,20,21). The zero-order valence-corrected chi connectivity index (χ0v) is 12.4. The molecule has 2 aromatic carbocycles. The molecule has 2 rings (SSSR count). The van der Waals surface area contributed by atoms with Crippen LogP contribution in [-0.4, -0.2) is 22.1 Å². The van der Waals surface area contributed by atoms with Crippen molar-refractivity contribution in [2.45, 2.75) is 12.5 Å². The number of hydrogen-bond donors (Lipinski definition) is 3. The van der Waals surface area contributed by atoms with E-state index in [4.69, 9.17) is 18.0 Å². The third kappa shape index (κ3) is 4.02. The minimum absolute atomic E-state index is 0.0703. The Hall–Kier alpha value is -2.47. The summed E-state index contributed by atoms with van der Waals surface area (Å²) in [5, 5.41) is 12.0. The number of carboxylic acid groups (broad SMARTS) is 1. The number of aliphatic carboxylic acids is 1. The van der Waals surface area contributed by atoms with Gasteiger partial charge in [0.05, 0.1) is 0 Å². The molecule has 6 heteroatoms. The molecule has 0 saturated heterocycles. The zero-order chi connectivity index (χ0) is 16.1. The first-order valence-electron chi connectivity index (χ1n) is 6.60. The predicted octanol–water partition coefficient (Wildman–Crippen LogP) is 2.37. The Bertz CT molecular complexity index is 689. The van der Waals surface area contributed by atoms with Crippen molar-refractivity contribution in [2.75, 3.05) is 5.73 Å². The number of carbonyl (C=O) groups is 1. The molecule has 4 nitrogen and oxygen atoms in total. The second-order valence-electron chi connectivity index (χ2n) is 4.79. The number of anilines is 1. The van der Waals surface area contributed by atoms with Gasteiger partial charge >= 0.3 is 5.97 Å². The lowest BCUT2D eigenvalue weighted by Gasteiger charge is -2.17. The molecular formula is C16H15FN2O2S. The SMILES string of the molecule is Nc1ccc(CC(NC(=S)c2ccccc2F)C(=O)O)cc1. The molecule has 0 aliphatic rings. The van der Waals surface area contributed by atoms with Gasteiger partial charge in [-0.1, -0.05) is 36.5 Å². The van der Waals surface area contributed by atoms with E-state index in [-0.39, 0.29) is 17.0 Å². The van der Waals surface area contributed by atoms with Crippen molar-refractivity contribution in [3.05, 3.63) is 65.5 Å². The van der Waals surface area contributed by atoms with Crippen LogP contribution in [0.25, 0.3) is 0 Å². The summed E-state index contributed by atoms with van der Waals surface area (Å²) in [6, 6.07) is 11.9. The van der Waals surface area contributed by atoms with Gasteiger partial charge in [-0.15, -0.1) is 0 Å². The first kappa shape index (κ1) is 15.9. The van der Waals surface area contributed by atoms with E-state index in [2.05, 4.69) is 5.32 Å². The van der Waals surface area contributed by atoms with E-state index in [9.17, 15) is 14.3 Å². The van der Waals surface area contributed by atoms with Crippen molar-refractivity contribution in [2.24, 2.45) is 0 Å². The normalized spacial score (nSPS) is 11.7. The van der Waals surface area contributed by atoms with Crippen LogP contribution in [0.15, 0.2) is 48.5 Å². The molecule has 0 radical (unpaired) electrons. The lowest BCUT2D eigenvalue weighted by molar-refractivity contribution is -0.139. The number of benzene rings is 2. The molecule has 0 aliphatic carbocycles. The topological polar surface area (TPSA) is 75.3 Å². The highest BCUT2D eigenvalue weighted by Gasteiger charge is 2.20. The minimum atomic E-state index is -1.06. The summed E-state index contributed by atoms with van der Waals surface area (Å²) < 4.78 is 13.7. The number of halogens is 1. The predicted molar refractivity (Wildman–Crippen MR) is 87.2 cm³/mol. The molecule has 2 aromatic rings. The highest BCUT2D eigenvalue weighted by molar-refractivity contribution is 7.80. The van der Waals surface area contributed by atoms with Crippen LogP contribution in [0.5, 0.6) is 0 Å². The van der Waals surface area contributed by atoms with E-state index >= 15 is 0 Å². The molecule has 0 amide bonds. The van der Waals surface area contributed by atoms with Crippen molar-refractivity contribution in [3.8, 4) is 0 Å². The first-order chi connectivity index (χ1) is 10.5. The van der Waals surface area contributed by atoms with Crippen molar-refractivity contribution < 1.29 is 14.3 Å². The van der Waals surface area contributed by atoms with Gasteiger partial charge in [0.15, 0.2) is 0 Å². The average molecular weight is 318 g/mol. The fourth-order valence-electron chi connectivity index (χ4n) is 1.97. The quantitative estimate of drug-likeness (QED) is 0.583. The molecule has 1 unspecified atom stereocenters. The molecule has 0 fully saturated rings. The number of nitrogen functional groups attached to an aromatic ring is 1. The third-order valence-corrected chi connectivity index (χ3v) is 3.48. The van der Waals surface area contributed by atoms with E-state index in [0.29, 0.717) is 5.69 Å². The maximum Gasteiger partial charge on any atom is 0.326 e. The Balaban J connectivity index is 2.12. The number of nitrogens with one attached hydrogen (secondary N) is 1. The molecule has 22 heavy (non-hydrogen) atoms. The van der Waals surface area contributed by atoms with Crippen LogP contribution in [-0.2, 0) is 11.2 Å². The summed E-state index contributed by atoms with van der Waals surface area (Å²) in [6.07, 6.45) is 0.213. The van der Waals surface area contributed by atoms with E-state index < -0.39 is 17.8 Å². The second kappa shape index (κ2) is 7.00. The van der Waals surface area contributed by atoms with Crippen molar-refractivity contribution >= 4 is 28.9 Å². The van der Waals surface area contributed by atoms with Gasteiger partial charge in [0.1, 0.15) is 16.8 Å².